The summed E-state index contributed by atoms with van der Waals surface area (Å²) in [5.74, 6) is 1.06. The maximum atomic E-state index is 12.5. The van der Waals surface area contributed by atoms with Crippen molar-refractivity contribution >= 4 is 37.8 Å². The molecule has 1 saturated carbocycles. The summed E-state index contributed by atoms with van der Waals surface area (Å²) in [6.07, 6.45) is 2.79. The van der Waals surface area contributed by atoms with Gasteiger partial charge in [0.15, 0.2) is 0 Å². The molecule has 0 atom stereocenters. The lowest BCUT2D eigenvalue weighted by Gasteiger charge is -2.35. The van der Waals surface area contributed by atoms with Gasteiger partial charge in [0.1, 0.15) is 0 Å². The minimum absolute atomic E-state index is 0.135. The zero-order chi connectivity index (χ0) is 14.1. The lowest BCUT2D eigenvalue weighted by Crippen LogP contribution is -2.49. The number of benzene rings is 1. The third kappa shape index (κ3) is 3.43. The molecule has 2 aliphatic rings. The Kier molecular flexibility index (Phi) is 4.48. The molecule has 1 aromatic rings. The maximum Gasteiger partial charge on any atom is 0.255 e. The molecule has 3 rings (SSSR count). The van der Waals surface area contributed by atoms with E-state index in [1.165, 1.54) is 19.4 Å². The molecule has 1 aromatic carbocycles. The Morgan fingerprint density at radius 2 is 1.85 bits per heavy atom. The van der Waals surface area contributed by atoms with Crippen LogP contribution in [0.1, 0.15) is 23.2 Å². The Hall–Kier alpha value is -0.390. The number of carbonyl (C=O) groups is 1. The SMILES string of the molecule is O=C(c1ccc(Br)cc1Br)N1CCN(CC2CC2)CC1. The highest BCUT2D eigenvalue weighted by Gasteiger charge is 2.28. The number of carbonyl (C=O) groups excluding carboxylic acids is 1. The molecule has 1 amide bonds. The van der Waals surface area contributed by atoms with Crippen LogP contribution >= 0.6 is 31.9 Å². The van der Waals surface area contributed by atoms with E-state index in [9.17, 15) is 4.79 Å². The summed E-state index contributed by atoms with van der Waals surface area (Å²) in [6.45, 7) is 4.93. The van der Waals surface area contributed by atoms with Crippen LogP contribution in [0.15, 0.2) is 27.1 Å². The van der Waals surface area contributed by atoms with Crippen LogP contribution in [0.25, 0.3) is 0 Å². The van der Waals surface area contributed by atoms with Crippen LogP contribution in [-0.4, -0.2) is 48.4 Å². The molecule has 1 saturated heterocycles. The fourth-order valence-corrected chi connectivity index (χ4v) is 3.85. The second-order valence-electron chi connectivity index (χ2n) is 5.66. The first-order chi connectivity index (χ1) is 9.63. The van der Waals surface area contributed by atoms with Crippen molar-refractivity contribution in [3.63, 3.8) is 0 Å². The molecule has 0 spiro atoms. The van der Waals surface area contributed by atoms with E-state index >= 15 is 0 Å². The van der Waals surface area contributed by atoms with Crippen LogP contribution in [-0.2, 0) is 0 Å². The Balaban J connectivity index is 1.60. The molecule has 0 aromatic heterocycles. The van der Waals surface area contributed by atoms with Crippen LogP contribution < -0.4 is 0 Å². The van der Waals surface area contributed by atoms with Crippen molar-refractivity contribution in [2.24, 2.45) is 5.92 Å². The second-order valence-corrected chi connectivity index (χ2v) is 7.43. The molecule has 108 valence electrons. The number of nitrogens with zero attached hydrogens (tertiary/aromatic N) is 2. The van der Waals surface area contributed by atoms with E-state index in [0.717, 1.165) is 46.6 Å². The maximum absolute atomic E-state index is 12.5. The van der Waals surface area contributed by atoms with E-state index < -0.39 is 0 Å². The summed E-state index contributed by atoms with van der Waals surface area (Å²) < 4.78 is 1.84. The first-order valence-electron chi connectivity index (χ1n) is 7.10. The molecule has 1 aliphatic heterocycles. The Morgan fingerprint density at radius 1 is 1.15 bits per heavy atom. The van der Waals surface area contributed by atoms with E-state index in [1.807, 2.05) is 23.1 Å². The number of piperazine rings is 1. The molecule has 0 bridgehead atoms. The van der Waals surface area contributed by atoms with Gasteiger partial charge in [-0.3, -0.25) is 9.69 Å². The van der Waals surface area contributed by atoms with Crippen LogP contribution in [0.5, 0.6) is 0 Å². The number of rotatable bonds is 3. The standard InChI is InChI=1S/C15H18Br2N2O/c16-12-3-4-13(14(17)9-12)15(20)19-7-5-18(6-8-19)10-11-1-2-11/h3-4,9,11H,1-2,5-8,10H2. The van der Waals surface area contributed by atoms with Gasteiger partial charge in [-0.2, -0.15) is 0 Å². The third-order valence-corrected chi connectivity index (χ3v) is 5.18. The highest BCUT2D eigenvalue weighted by Crippen LogP contribution is 2.30. The van der Waals surface area contributed by atoms with Gasteiger partial charge >= 0.3 is 0 Å². The average molecular weight is 402 g/mol. The van der Waals surface area contributed by atoms with Gasteiger partial charge in [0.05, 0.1) is 5.56 Å². The summed E-state index contributed by atoms with van der Waals surface area (Å²) in [4.78, 5) is 17.0. The van der Waals surface area contributed by atoms with E-state index in [2.05, 4.69) is 36.8 Å². The monoisotopic (exact) mass is 400 g/mol. The third-order valence-electron chi connectivity index (χ3n) is 4.03. The highest BCUT2D eigenvalue weighted by molar-refractivity contribution is 9.11. The topological polar surface area (TPSA) is 23.6 Å². The lowest BCUT2D eigenvalue weighted by molar-refractivity contribution is 0.0631. The van der Waals surface area contributed by atoms with Gasteiger partial charge in [-0.05, 0) is 52.9 Å². The Bertz CT molecular complexity index is 509. The predicted octanol–water partition coefficient (Wildman–Crippen LogP) is 3.38. The predicted molar refractivity (Wildman–Crippen MR) is 86.9 cm³/mol. The van der Waals surface area contributed by atoms with Gasteiger partial charge in [0, 0.05) is 41.7 Å². The molecule has 20 heavy (non-hydrogen) atoms. The molecule has 1 aliphatic carbocycles. The summed E-state index contributed by atoms with van der Waals surface area (Å²) >= 11 is 6.90. The Labute approximate surface area is 136 Å². The molecule has 0 radical (unpaired) electrons. The number of halogens is 2. The molecule has 0 unspecified atom stereocenters. The molecular formula is C15H18Br2N2O. The molecule has 1 heterocycles. The van der Waals surface area contributed by atoms with Crippen molar-refractivity contribution in [3.8, 4) is 0 Å². The zero-order valence-electron chi connectivity index (χ0n) is 11.3. The lowest BCUT2D eigenvalue weighted by atomic mass is 10.2. The van der Waals surface area contributed by atoms with E-state index in [4.69, 9.17) is 0 Å². The molecular weight excluding hydrogens is 384 g/mol. The van der Waals surface area contributed by atoms with Gasteiger partial charge in [0.25, 0.3) is 5.91 Å². The van der Waals surface area contributed by atoms with Gasteiger partial charge in [0.2, 0.25) is 0 Å². The van der Waals surface area contributed by atoms with Crippen LogP contribution in [0, 0.1) is 5.92 Å². The number of hydrogen-bond acceptors (Lipinski definition) is 2. The first-order valence-corrected chi connectivity index (χ1v) is 8.69. The van der Waals surface area contributed by atoms with Gasteiger partial charge in [-0.1, -0.05) is 15.9 Å². The normalized spacial score (nSPS) is 20.2. The summed E-state index contributed by atoms with van der Waals surface area (Å²) in [6, 6.07) is 5.73. The van der Waals surface area contributed by atoms with Crippen molar-refractivity contribution in [2.75, 3.05) is 32.7 Å². The quantitative estimate of drug-likeness (QED) is 0.775. The summed E-state index contributed by atoms with van der Waals surface area (Å²) in [5, 5.41) is 0. The van der Waals surface area contributed by atoms with E-state index in [1.54, 1.807) is 0 Å². The van der Waals surface area contributed by atoms with Crippen molar-refractivity contribution in [2.45, 2.75) is 12.8 Å². The van der Waals surface area contributed by atoms with Gasteiger partial charge in [-0.25, -0.2) is 0 Å². The molecule has 3 nitrogen and oxygen atoms in total. The van der Waals surface area contributed by atoms with Crippen LogP contribution in [0.2, 0.25) is 0 Å². The highest BCUT2D eigenvalue weighted by atomic mass is 79.9. The smallest absolute Gasteiger partial charge is 0.255 e. The van der Waals surface area contributed by atoms with Crippen molar-refractivity contribution in [3.05, 3.63) is 32.7 Å². The minimum Gasteiger partial charge on any atom is -0.336 e. The van der Waals surface area contributed by atoms with E-state index in [-0.39, 0.29) is 5.91 Å². The van der Waals surface area contributed by atoms with Crippen molar-refractivity contribution in [1.82, 2.24) is 9.80 Å². The first kappa shape index (κ1) is 14.5. The zero-order valence-corrected chi connectivity index (χ0v) is 14.5. The summed E-state index contributed by atoms with van der Waals surface area (Å²) in [7, 11) is 0. The number of amides is 1. The average Bonchev–Trinajstić information content (AvgIpc) is 3.23. The summed E-state index contributed by atoms with van der Waals surface area (Å²) in [5.41, 5.74) is 0.754. The fraction of sp³-hybridized carbons (Fsp3) is 0.533. The van der Waals surface area contributed by atoms with Crippen molar-refractivity contribution < 1.29 is 4.79 Å². The largest absolute Gasteiger partial charge is 0.336 e. The second kappa shape index (κ2) is 6.16. The van der Waals surface area contributed by atoms with Crippen LogP contribution in [0.4, 0.5) is 0 Å². The number of hydrogen-bond donors (Lipinski definition) is 0. The Morgan fingerprint density at radius 3 is 2.45 bits per heavy atom. The fourth-order valence-electron chi connectivity index (χ4n) is 2.63. The van der Waals surface area contributed by atoms with Crippen LogP contribution in [0.3, 0.4) is 0 Å². The van der Waals surface area contributed by atoms with Gasteiger partial charge < -0.3 is 4.90 Å². The molecule has 2 fully saturated rings. The van der Waals surface area contributed by atoms with Gasteiger partial charge in [-0.15, -0.1) is 0 Å². The van der Waals surface area contributed by atoms with Crippen molar-refractivity contribution in [1.29, 1.82) is 0 Å². The molecule has 5 heteroatoms. The van der Waals surface area contributed by atoms with E-state index in [0.29, 0.717) is 0 Å². The minimum atomic E-state index is 0.135. The molecule has 0 N–H and O–H groups in total.